The molecule has 0 saturated carbocycles. The van der Waals surface area contributed by atoms with Gasteiger partial charge in [-0.05, 0) is 68.2 Å². The van der Waals surface area contributed by atoms with Gasteiger partial charge in [0, 0.05) is 24.6 Å². The third-order valence-electron chi connectivity index (χ3n) is 6.89. The lowest BCUT2D eigenvalue weighted by atomic mass is 9.95. The lowest BCUT2D eigenvalue weighted by Crippen LogP contribution is -2.38. The highest BCUT2D eigenvalue weighted by molar-refractivity contribution is 6.04. The molecule has 4 rings (SSSR count). The predicted octanol–water partition coefficient (Wildman–Crippen LogP) is 4.67. The van der Waals surface area contributed by atoms with Gasteiger partial charge >= 0.3 is 0 Å². The molecule has 3 aromatic rings. The molecule has 38 heavy (non-hydrogen) atoms. The van der Waals surface area contributed by atoms with Gasteiger partial charge in [-0.1, -0.05) is 36.4 Å². The van der Waals surface area contributed by atoms with Crippen molar-refractivity contribution in [2.75, 3.05) is 39.2 Å². The van der Waals surface area contributed by atoms with Crippen molar-refractivity contribution in [1.82, 2.24) is 10.2 Å². The maximum atomic E-state index is 14.0. The van der Waals surface area contributed by atoms with Crippen LogP contribution in [0.15, 0.2) is 66.7 Å². The van der Waals surface area contributed by atoms with Crippen molar-refractivity contribution in [3.63, 3.8) is 0 Å². The molecular formula is C30H34FN3O4. The van der Waals surface area contributed by atoms with Gasteiger partial charge in [0.05, 0.1) is 25.5 Å². The van der Waals surface area contributed by atoms with Crippen LogP contribution < -0.4 is 20.1 Å². The zero-order valence-electron chi connectivity index (χ0n) is 21.8. The number of anilines is 1. The van der Waals surface area contributed by atoms with E-state index in [-0.39, 0.29) is 23.5 Å². The molecule has 0 bridgehead atoms. The molecule has 1 aliphatic heterocycles. The number of methoxy groups -OCH3 is 2. The van der Waals surface area contributed by atoms with Crippen LogP contribution in [0.5, 0.6) is 11.5 Å². The molecule has 0 atom stereocenters. The van der Waals surface area contributed by atoms with Gasteiger partial charge in [0.15, 0.2) is 11.5 Å². The molecule has 1 aliphatic rings. The molecule has 0 aliphatic carbocycles. The monoisotopic (exact) mass is 519 g/mol. The zero-order valence-corrected chi connectivity index (χ0v) is 21.8. The summed E-state index contributed by atoms with van der Waals surface area (Å²) in [7, 11) is 3.18. The molecule has 0 radical (unpaired) electrons. The minimum absolute atomic E-state index is 0.0962. The summed E-state index contributed by atoms with van der Waals surface area (Å²) < 4.78 is 24.6. The number of rotatable bonds is 10. The number of para-hydroxylation sites is 1. The second kappa shape index (κ2) is 13.1. The van der Waals surface area contributed by atoms with Gasteiger partial charge < -0.3 is 20.1 Å². The first-order valence-electron chi connectivity index (χ1n) is 12.8. The first-order valence-corrected chi connectivity index (χ1v) is 12.8. The van der Waals surface area contributed by atoms with Crippen molar-refractivity contribution < 1.29 is 23.5 Å². The molecule has 1 saturated heterocycles. The van der Waals surface area contributed by atoms with Crippen molar-refractivity contribution in [2.45, 2.75) is 25.8 Å². The normalized spacial score (nSPS) is 14.1. The molecule has 2 amide bonds. The Morgan fingerprint density at radius 3 is 2.39 bits per heavy atom. The highest BCUT2D eigenvalue weighted by atomic mass is 19.1. The highest BCUT2D eigenvalue weighted by Gasteiger charge is 2.26. The first-order chi connectivity index (χ1) is 18.5. The number of hydrogen-bond acceptors (Lipinski definition) is 5. The third kappa shape index (κ3) is 6.89. The number of piperidine rings is 1. The Morgan fingerprint density at radius 1 is 0.947 bits per heavy atom. The van der Waals surface area contributed by atoms with Gasteiger partial charge in [0.25, 0.3) is 5.91 Å². The molecule has 1 heterocycles. The summed E-state index contributed by atoms with van der Waals surface area (Å²) in [5.74, 6) is 0.587. The summed E-state index contributed by atoms with van der Waals surface area (Å²) in [4.78, 5) is 28.1. The number of ether oxygens (including phenoxy) is 2. The fourth-order valence-corrected chi connectivity index (χ4v) is 4.70. The standard InChI is InChI=1S/C30H34FN3O4/c1-37-27-12-11-21(19-28(27)38-2)13-16-32-30(36)24-8-4-6-10-26(24)33-29(35)22-14-17-34(18-15-22)20-23-7-3-5-9-25(23)31/h3-12,19,22H,13-18,20H2,1-2H3,(H,32,36)(H,33,35). The molecule has 7 nitrogen and oxygen atoms in total. The maximum Gasteiger partial charge on any atom is 0.253 e. The van der Waals surface area contributed by atoms with E-state index in [9.17, 15) is 14.0 Å². The van der Waals surface area contributed by atoms with Gasteiger partial charge in [0.2, 0.25) is 5.91 Å². The van der Waals surface area contributed by atoms with Crippen molar-refractivity contribution in [1.29, 1.82) is 0 Å². The Labute approximate surface area is 222 Å². The topological polar surface area (TPSA) is 79.9 Å². The molecule has 1 fully saturated rings. The summed E-state index contributed by atoms with van der Waals surface area (Å²) in [5, 5.41) is 5.90. The Bertz CT molecular complexity index is 1260. The highest BCUT2D eigenvalue weighted by Crippen LogP contribution is 2.28. The Balaban J connectivity index is 1.29. The van der Waals surface area contributed by atoms with Crippen LogP contribution in [0.2, 0.25) is 0 Å². The van der Waals surface area contributed by atoms with E-state index in [2.05, 4.69) is 15.5 Å². The summed E-state index contributed by atoms with van der Waals surface area (Å²) in [6.45, 7) is 2.39. The van der Waals surface area contributed by atoms with E-state index >= 15 is 0 Å². The molecule has 0 aromatic heterocycles. The summed E-state index contributed by atoms with van der Waals surface area (Å²) >= 11 is 0. The predicted molar refractivity (Wildman–Crippen MR) is 145 cm³/mol. The molecule has 200 valence electrons. The molecule has 0 unspecified atom stereocenters. The number of carbonyl (C=O) groups is 2. The molecule has 0 spiro atoms. The Morgan fingerprint density at radius 2 is 1.66 bits per heavy atom. The maximum absolute atomic E-state index is 14.0. The fourth-order valence-electron chi connectivity index (χ4n) is 4.70. The average molecular weight is 520 g/mol. The SMILES string of the molecule is COc1ccc(CCNC(=O)c2ccccc2NC(=O)C2CCN(Cc3ccccc3F)CC2)cc1OC. The van der Waals surface area contributed by atoms with E-state index in [1.165, 1.54) is 6.07 Å². The number of nitrogens with zero attached hydrogens (tertiary/aromatic N) is 1. The second-order valence-electron chi connectivity index (χ2n) is 9.37. The van der Waals surface area contributed by atoms with Crippen LogP contribution in [0.1, 0.15) is 34.3 Å². The number of amides is 2. The molecule has 3 aromatic carbocycles. The third-order valence-corrected chi connectivity index (χ3v) is 6.89. The summed E-state index contributed by atoms with van der Waals surface area (Å²) in [6.07, 6.45) is 1.98. The Hall–Kier alpha value is -3.91. The van der Waals surface area contributed by atoms with Crippen molar-refractivity contribution in [3.8, 4) is 11.5 Å². The van der Waals surface area contributed by atoms with Crippen LogP contribution >= 0.6 is 0 Å². The number of carbonyl (C=O) groups excluding carboxylic acids is 2. The van der Waals surface area contributed by atoms with E-state index in [4.69, 9.17) is 9.47 Å². The number of hydrogen-bond donors (Lipinski definition) is 2. The van der Waals surface area contributed by atoms with Gasteiger partial charge in [-0.2, -0.15) is 0 Å². The van der Waals surface area contributed by atoms with Crippen LogP contribution in [-0.4, -0.2) is 50.6 Å². The van der Waals surface area contributed by atoms with E-state index in [1.54, 1.807) is 50.6 Å². The number of nitrogens with one attached hydrogen (secondary N) is 2. The zero-order chi connectivity index (χ0) is 26.9. The van der Waals surface area contributed by atoms with E-state index in [0.717, 1.165) is 5.56 Å². The lowest BCUT2D eigenvalue weighted by Gasteiger charge is -2.31. The molecular weight excluding hydrogens is 485 g/mol. The molecule has 2 N–H and O–H groups in total. The van der Waals surface area contributed by atoms with E-state index < -0.39 is 0 Å². The first kappa shape index (κ1) is 27.1. The number of benzene rings is 3. The smallest absolute Gasteiger partial charge is 0.253 e. The summed E-state index contributed by atoms with van der Waals surface area (Å²) in [5.41, 5.74) is 2.59. The van der Waals surface area contributed by atoms with E-state index in [0.29, 0.717) is 73.8 Å². The second-order valence-corrected chi connectivity index (χ2v) is 9.37. The molecule has 8 heteroatoms. The number of halogens is 1. The lowest BCUT2D eigenvalue weighted by molar-refractivity contribution is -0.121. The van der Waals surface area contributed by atoms with Crippen LogP contribution in [0.25, 0.3) is 0 Å². The van der Waals surface area contributed by atoms with Gasteiger partial charge in [-0.25, -0.2) is 4.39 Å². The minimum atomic E-state index is -0.249. The summed E-state index contributed by atoms with van der Waals surface area (Å²) in [6, 6.07) is 19.5. The van der Waals surface area contributed by atoms with Gasteiger partial charge in [0.1, 0.15) is 5.82 Å². The van der Waals surface area contributed by atoms with Crippen LogP contribution in [-0.2, 0) is 17.8 Å². The van der Waals surface area contributed by atoms with E-state index in [1.807, 2.05) is 24.3 Å². The average Bonchev–Trinajstić information content (AvgIpc) is 2.94. The Kier molecular flexibility index (Phi) is 9.32. The fraction of sp³-hybridized carbons (Fsp3) is 0.333. The van der Waals surface area contributed by atoms with Crippen molar-refractivity contribution in [2.24, 2.45) is 5.92 Å². The van der Waals surface area contributed by atoms with Gasteiger partial charge in [-0.3, -0.25) is 14.5 Å². The number of likely N-dealkylation sites (tertiary alicyclic amines) is 1. The van der Waals surface area contributed by atoms with Crippen molar-refractivity contribution in [3.05, 3.63) is 89.2 Å². The quantitative estimate of drug-likeness (QED) is 0.407. The van der Waals surface area contributed by atoms with Crippen molar-refractivity contribution >= 4 is 17.5 Å². The van der Waals surface area contributed by atoms with Crippen LogP contribution in [0, 0.1) is 11.7 Å². The minimum Gasteiger partial charge on any atom is -0.493 e. The van der Waals surface area contributed by atoms with Crippen LogP contribution in [0.4, 0.5) is 10.1 Å². The van der Waals surface area contributed by atoms with Crippen LogP contribution in [0.3, 0.4) is 0 Å². The van der Waals surface area contributed by atoms with Gasteiger partial charge in [-0.15, -0.1) is 0 Å². The largest absolute Gasteiger partial charge is 0.493 e.